The maximum atomic E-state index is 13.1. The Balaban J connectivity index is 1.53. The van der Waals surface area contributed by atoms with Gasteiger partial charge in [0.15, 0.2) is 0 Å². The molecule has 0 radical (unpaired) electrons. The Bertz CT molecular complexity index is 796. The topological polar surface area (TPSA) is 105 Å². The zero-order chi connectivity index (χ0) is 19.1. The molecule has 27 heavy (non-hydrogen) atoms. The van der Waals surface area contributed by atoms with Gasteiger partial charge in [-0.3, -0.25) is 24.6 Å². The number of fused-ring (bicyclic) bond motifs is 1. The fraction of sp³-hybridized carbons (Fsp3) is 0.526. The minimum Gasteiger partial charge on any atom is -0.378 e. The summed E-state index contributed by atoms with van der Waals surface area (Å²) in [6.45, 7) is 2.46. The molecule has 2 saturated heterocycles. The lowest BCUT2D eigenvalue weighted by molar-refractivity contribution is -0.136. The van der Waals surface area contributed by atoms with Crippen molar-refractivity contribution in [3.8, 4) is 0 Å². The molecule has 0 aromatic heterocycles. The molecule has 3 aliphatic rings. The van der Waals surface area contributed by atoms with E-state index in [2.05, 4.69) is 10.2 Å². The van der Waals surface area contributed by atoms with Crippen LogP contribution in [0.5, 0.6) is 0 Å². The van der Waals surface area contributed by atoms with Crippen molar-refractivity contribution in [1.82, 2.24) is 15.1 Å². The molecule has 8 nitrogen and oxygen atoms in total. The number of carbonyl (C=O) groups excluding carboxylic acids is 3. The molecule has 1 aromatic carbocycles. The first kappa shape index (κ1) is 18.1. The average Bonchev–Trinajstić information content (AvgIpc) is 3.15. The predicted octanol–water partition coefficient (Wildman–Crippen LogP) is -0.394. The maximum absolute atomic E-state index is 13.1. The van der Waals surface area contributed by atoms with E-state index in [1.807, 2.05) is 18.2 Å². The molecule has 144 valence electrons. The summed E-state index contributed by atoms with van der Waals surface area (Å²) in [6.07, 6.45) is 0.626. The van der Waals surface area contributed by atoms with Gasteiger partial charge in [-0.25, -0.2) is 0 Å². The highest BCUT2D eigenvalue weighted by atomic mass is 16.5. The molecule has 0 saturated carbocycles. The second-order valence-corrected chi connectivity index (χ2v) is 7.48. The van der Waals surface area contributed by atoms with Crippen molar-refractivity contribution in [2.75, 3.05) is 20.2 Å². The van der Waals surface area contributed by atoms with E-state index in [1.54, 1.807) is 12.0 Å². The molecule has 0 spiro atoms. The number of imide groups is 1. The van der Waals surface area contributed by atoms with Gasteiger partial charge in [-0.05, 0) is 17.5 Å². The van der Waals surface area contributed by atoms with Gasteiger partial charge in [0.1, 0.15) is 6.04 Å². The highest BCUT2D eigenvalue weighted by Crippen LogP contribution is 2.31. The summed E-state index contributed by atoms with van der Waals surface area (Å²) >= 11 is 0. The number of hydrogen-bond donors (Lipinski definition) is 2. The van der Waals surface area contributed by atoms with E-state index >= 15 is 0 Å². The van der Waals surface area contributed by atoms with Gasteiger partial charge < -0.3 is 15.4 Å². The first-order valence-corrected chi connectivity index (χ1v) is 9.24. The zero-order valence-corrected chi connectivity index (χ0v) is 15.3. The zero-order valence-electron chi connectivity index (χ0n) is 15.3. The Morgan fingerprint density at radius 1 is 1.26 bits per heavy atom. The molecule has 3 heterocycles. The first-order valence-electron chi connectivity index (χ1n) is 9.24. The smallest absolute Gasteiger partial charge is 0.255 e. The third-order valence-corrected chi connectivity index (χ3v) is 5.72. The van der Waals surface area contributed by atoms with E-state index in [4.69, 9.17) is 10.5 Å². The third kappa shape index (κ3) is 3.24. The van der Waals surface area contributed by atoms with Gasteiger partial charge in [0.25, 0.3) is 5.91 Å². The molecular weight excluding hydrogens is 348 g/mol. The molecule has 3 N–H and O–H groups in total. The van der Waals surface area contributed by atoms with Gasteiger partial charge in [0.05, 0.1) is 6.10 Å². The fourth-order valence-electron chi connectivity index (χ4n) is 4.32. The van der Waals surface area contributed by atoms with E-state index in [1.165, 1.54) is 0 Å². The normalized spacial score (nSPS) is 28.6. The summed E-state index contributed by atoms with van der Waals surface area (Å²) in [5, 5.41) is 2.34. The standard InChI is InChI=1S/C19H24N4O4/c1-27-15-10-22(9-13(15)20)7-11-3-2-4-12-8-23(19(26)17(11)12)14-5-6-16(24)21-18(14)25/h2-4,13-15H,5-10,20H2,1H3,(H,21,24,25)/t13-,14?,15+/m0/s1. The quantitative estimate of drug-likeness (QED) is 0.697. The lowest BCUT2D eigenvalue weighted by Gasteiger charge is -2.29. The van der Waals surface area contributed by atoms with E-state index < -0.39 is 6.04 Å². The molecule has 0 aliphatic carbocycles. The van der Waals surface area contributed by atoms with Crippen LogP contribution in [-0.2, 0) is 27.4 Å². The SMILES string of the molecule is CO[C@@H]1CN(Cc2cccc3c2C(=O)N(C2CCC(=O)NC2=O)C3)C[C@@H]1N. The number of carbonyl (C=O) groups is 3. The molecular formula is C19H24N4O4. The second kappa shape index (κ2) is 7.03. The van der Waals surface area contributed by atoms with Crippen LogP contribution in [0, 0.1) is 0 Å². The molecule has 1 unspecified atom stereocenters. The molecule has 3 atom stereocenters. The molecule has 0 bridgehead atoms. The summed E-state index contributed by atoms with van der Waals surface area (Å²) in [5.41, 5.74) is 8.65. The summed E-state index contributed by atoms with van der Waals surface area (Å²) in [6, 6.07) is 5.20. The van der Waals surface area contributed by atoms with Gasteiger partial charge in [0.2, 0.25) is 11.8 Å². The van der Waals surface area contributed by atoms with Crippen molar-refractivity contribution in [1.29, 1.82) is 0 Å². The number of nitrogens with two attached hydrogens (primary N) is 1. The van der Waals surface area contributed by atoms with Crippen LogP contribution in [0.2, 0.25) is 0 Å². The lowest BCUT2D eigenvalue weighted by Crippen LogP contribution is -2.52. The number of nitrogens with one attached hydrogen (secondary N) is 1. The number of likely N-dealkylation sites (tertiary alicyclic amines) is 1. The van der Waals surface area contributed by atoms with Crippen molar-refractivity contribution in [2.45, 2.75) is 44.1 Å². The molecule has 1 aromatic rings. The van der Waals surface area contributed by atoms with Crippen LogP contribution < -0.4 is 11.1 Å². The number of amides is 3. The molecule has 3 aliphatic heterocycles. The molecule has 8 heteroatoms. The van der Waals surface area contributed by atoms with Crippen LogP contribution in [0.25, 0.3) is 0 Å². The van der Waals surface area contributed by atoms with Crippen molar-refractivity contribution < 1.29 is 19.1 Å². The summed E-state index contributed by atoms with van der Waals surface area (Å²) in [5.74, 6) is -0.802. The number of ether oxygens (including phenoxy) is 1. The van der Waals surface area contributed by atoms with Gasteiger partial charge in [0, 0.05) is 51.3 Å². The van der Waals surface area contributed by atoms with E-state index in [0.29, 0.717) is 31.6 Å². The van der Waals surface area contributed by atoms with E-state index in [0.717, 1.165) is 17.7 Å². The Kier molecular flexibility index (Phi) is 4.71. The van der Waals surface area contributed by atoms with Crippen LogP contribution in [-0.4, -0.2) is 65.9 Å². The maximum Gasteiger partial charge on any atom is 0.255 e. The number of rotatable bonds is 4. The number of hydrogen-bond acceptors (Lipinski definition) is 6. The minimum atomic E-state index is -0.589. The van der Waals surface area contributed by atoms with Crippen LogP contribution >= 0.6 is 0 Å². The largest absolute Gasteiger partial charge is 0.378 e. The van der Waals surface area contributed by atoms with Crippen molar-refractivity contribution in [3.63, 3.8) is 0 Å². The monoisotopic (exact) mass is 372 g/mol. The van der Waals surface area contributed by atoms with E-state index in [9.17, 15) is 14.4 Å². The lowest BCUT2D eigenvalue weighted by atomic mass is 10.0. The van der Waals surface area contributed by atoms with Gasteiger partial charge in [-0.1, -0.05) is 18.2 Å². The highest BCUT2D eigenvalue weighted by molar-refractivity contribution is 6.05. The summed E-state index contributed by atoms with van der Waals surface area (Å²) in [4.78, 5) is 40.5. The van der Waals surface area contributed by atoms with Crippen LogP contribution in [0.1, 0.15) is 34.3 Å². The van der Waals surface area contributed by atoms with E-state index in [-0.39, 0.29) is 36.3 Å². The van der Waals surface area contributed by atoms with Crippen molar-refractivity contribution in [2.24, 2.45) is 5.73 Å². The number of benzene rings is 1. The highest BCUT2D eigenvalue weighted by Gasteiger charge is 2.40. The predicted molar refractivity (Wildman–Crippen MR) is 96.5 cm³/mol. The Hall–Kier alpha value is -2.29. The Morgan fingerprint density at radius 2 is 2.07 bits per heavy atom. The summed E-state index contributed by atoms with van der Waals surface area (Å²) in [7, 11) is 1.66. The molecule has 2 fully saturated rings. The Morgan fingerprint density at radius 3 is 2.78 bits per heavy atom. The van der Waals surface area contributed by atoms with Gasteiger partial charge in [-0.15, -0.1) is 0 Å². The van der Waals surface area contributed by atoms with Crippen molar-refractivity contribution >= 4 is 17.7 Å². The summed E-state index contributed by atoms with van der Waals surface area (Å²) < 4.78 is 5.41. The number of methoxy groups -OCH3 is 1. The Labute approximate surface area is 157 Å². The van der Waals surface area contributed by atoms with Gasteiger partial charge in [-0.2, -0.15) is 0 Å². The van der Waals surface area contributed by atoms with Crippen molar-refractivity contribution in [3.05, 3.63) is 34.9 Å². The van der Waals surface area contributed by atoms with Crippen LogP contribution in [0.3, 0.4) is 0 Å². The van der Waals surface area contributed by atoms with Crippen LogP contribution in [0.4, 0.5) is 0 Å². The fourth-order valence-corrected chi connectivity index (χ4v) is 4.32. The number of nitrogens with zero attached hydrogens (tertiary/aromatic N) is 2. The molecule has 4 rings (SSSR count). The van der Waals surface area contributed by atoms with Crippen LogP contribution in [0.15, 0.2) is 18.2 Å². The average molecular weight is 372 g/mol. The minimum absolute atomic E-state index is 0.00238. The number of piperidine rings is 1. The third-order valence-electron chi connectivity index (χ3n) is 5.72. The van der Waals surface area contributed by atoms with Gasteiger partial charge >= 0.3 is 0 Å². The molecule has 3 amide bonds. The first-order chi connectivity index (χ1) is 13.0. The second-order valence-electron chi connectivity index (χ2n) is 7.48.